The largest absolute Gasteiger partial charge is 0.481 e. The fourth-order valence-electron chi connectivity index (χ4n) is 3.20. The maximum Gasteiger partial charge on any atom is 0.303 e. The Morgan fingerprint density at radius 3 is 2.96 bits per heavy atom. The van der Waals surface area contributed by atoms with Crippen LogP contribution >= 0.6 is 15.9 Å². The lowest BCUT2D eigenvalue weighted by molar-refractivity contribution is -0.137. The highest BCUT2D eigenvalue weighted by molar-refractivity contribution is 9.10. The van der Waals surface area contributed by atoms with Gasteiger partial charge in [-0.3, -0.25) is 9.59 Å². The molecule has 1 aliphatic heterocycles. The minimum atomic E-state index is -0.769. The highest BCUT2D eigenvalue weighted by atomic mass is 79.9. The maximum atomic E-state index is 12.7. The molecule has 122 valence electrons. The van der Waals surface area contributed by atoms with Gasteiger partial charge in [-0.25, -0.2) is 0 Å². The molecule has 1 unspecified atom stereocenters. The number of nitrogens with zero attached hydrogens (tertiary/aromatic N) is 1. The Balaban J connectivity index is 1.71. The minimum Gasteiger partial charge on any atom is -0.481 e. The van der Waals surface area contributed by atoms with Gasteiger partial charge < -0.3 is 15.0 Å². The second-order valence-electron chi connectivity index (χ2n) is 6.11. The van der Waals surface area contributed by atoms with E-state index in [9.17, 15) is 9.59 Å². The molecule has 3 rings (SSSR count). The van der Waals surface area contributed by atoms with Gasteiger partial charge in [0.25, 0.3) is 5.91 Å². The molecule has 0 saturated carbocycles. The molecule has 1 aromatic carbocycles. The summed E-state index contributed by atoms with van der Waals surface area (Å²) in [5.74, 6) is -0.491. The average molecular weight is 379 g/mol. The van der Waals surface area contributed by atoms with Gasteiger partial charge in [-0.1, -0.05) is 22.0 Å². The SMILES string of the molecule is O=C(O)CCC1CCCN(C(=O)c2cc3ccc(Br)cc3[nH]2)C1. The van der Waals surface area contributed by atoms with Gasteiger partial charge in [-0.2, -0.15) is 0 Å². The highest BCUT2D eigenvalue weighted by Gasteiger charge is 2.25. The van der Waals surface area contributed by atoms with E-state index in [1.807, 2.05) is 29.2 Å². The zero-order valence-electron chi connectivity index (χ0n) is 12.7. The number of aliphatic carboxylic acids is 1. The van der Waals surface area contributed by atoms with E-state index < -0.39 is 5.97 Å². The van der Waals surface area contributed by atoms with Crippen LogP contribution in [0.3, 0.4) is 0 Å². The van der Waals surface area contributed by atoms with E-state index in [0.717, 1.165) is 34.8 Å². The number of fused-ring (bicyclic) bond motifs is 1. The third-order valence-corrected chi connectivity index (χ3v) is 4.88. The Morgan fingerprint density at radius 1 is 1.35 bits per heavy atom. The predicted octanol–water partition coefficient (Wildman–Crippen LogP) is 3.65. The fourth-order valence-corrected chi connectivity index (χ4v) is 3.56. The number of nitrogens with one attached hydrogen (secondary N) is 1. The maximum absolute atomic E-state index is 12.7. The number of hydrogen-bond acceptors (Lipinski definition) is 2. The van der Waals surface area contributed by atoms with Gasteiger partial charge in [0.2, 0.25) is 0 Å². The first-order chi connectivity index (χ1) is 11.0. The van der Waals surface area contributed by atoms with Crippen molar-refractivity contribution in [1.82, 2.24) is 9.88 Å². The molecule has 0 aliphatic carbocycles. The van der Waals surface area contributed by atoms with Crippen molar-refractivity contribution >= 4 is 38.7 Å². The monoisotopic (exact) mass is 378 g/mol. The van der Waals surface area contributed by atoms with Gasteiger partial charge >= 0.3 is 5.97 Å². The molecule has 1 aliphatic rings. The Labute approximate surface area is 142 Å². The Bertz CT molecular complexity index is 741. The van der Waals surface area contributed by atoms with Crippen LogP contribution in [0.4, 0.5) is 0 Å². The first-order valence-electron chi connectivity index (χ1n) is 7.82. The van der Waals surface area contributed by atoms with Gasteiger partial charge in [0.05, 0.1) is 0 Å². The molecule has 0 bridgehead atoms. The van der Waals surface area contributed by atoms with Crippen molar-refractivity contribution in [2.45, 2.75) is 25.7 Å². The average Bonchev–Trinajstić information content (AvgIpc) is 2.95. The van der Waals surface area contributed by atoms with Crippen molar-refractivity contribution in [3.63, 3.8) is 0 Å². The molecular weight excluding hydrogens is 360 g/mol. The number of carboxylic acid groups (broad SMARTS) is 1. The number of carboxylic acids is 1. The van der Waals surface area contributed by atoms with E-state index >= 15 is 0 Å². The topological polar surface area (TPSA) is 73.4 Å². The number of hydrogen-bond donors (Lipinski definition) is 2. The number of benzene rings is 1. The van der Waals surface area contributed by atoms with E-state index in [1.165, 1.54) is 0 Å². The molecule has 0 radical (unpaired) electrons. The van der Waals surface area contributed by atoms with Gasteiger partial charge in [-0.15, -0.1) is 0 Å². The van der Waals surface area contributed by atoms with Crippen LogP contribution in [0, 0.1) is 5.92 Å². The zero-order chi connectivity index (χ0) is 16.4. The summed E-state index contributed by atoms with van der Waals surface area (Å²) in [7, 11) is 0. The molecule has 23 heavy (non-hydrogen) atoms. The van der Waals surface area contributed by atoms with Gasteiger partial charge in [0.15, 0.2) is 0 Å². The number of aromatic nitrogens is 1. The van der Waals surface area contributed by atoms with Gasteiger partial charge in [0.1, 0.15) is 5.69 Å². The van der Waals surface area contributed by atoms with Crippen molar-refractivity contribution in [2.75, 3.05) is 13.1 Å². The summed E-state index contributed by atoms with van der Waals surface area (Å²) in [6.07, 6.45) is 2.74. The van der Waals surface area contributed by atoms with E-state index in [2.05, 4.69) is 20.9 Å². The summed E-state index contributed by atoms with van der Waals surface area (Å²) in [6.45, 7) is 1.38. The van der Waals surface area contributed by atoms with Crippen LogP contribution in [-0.2, 0) is 4.79 Å². The van der Waals surface area contributed by atoms with Crippen LogP contribution < -0.4 is 0 Å². The number of rotatable bonds is 4. The van der Waals surface area contributed by atoms with Crippen LogP contribution in [0.1, 0.15) is 36.2 Å². The third-order valence-electron chi connectivity index (χ3n) is 4.39. The number of likely N-dealkylation sites (tertiary alicyclic amines) is 1. The van der Waals surface area contributed by atoms with Crippen molar-refractivity contribution in [1.29, 1.82) is 0 Å². The Hall–Kier alpha value is -1.82. The molecule has 2 aromatic rings. The molecule has 1 atom stereocenters. The highest BCUT2D eigenvalue weighted by Crippen LogP contribution is 2.24. The molecular formula is C17H19BrN2O3. The van der Waals surface area contributed by atoms with E-state index in [1.54, 1.807) is 0 Å². The molecule has 5 nitrogen and oxygen atoms in total. The lowest BCUT2D eigenvalue weighted by Crippen LogP contribution is -2.40. The summed E-state index contributed by atoms with van der Waals surface area (Å²) in [5.41, 5.74) is 1.53. The molecule has 2 N–H and O–H groups in total. The smallest absolute Gasteiger partial charge is 0.303 e. The lowest BCUT2D eigenvalue weighted by atomic mass is 9.93. The van der Waals surface area contributed by atoms with Crippen LogP contribution in [0.2, 0.25) is 0 Å². The number of piperidine rings is 1. The van der Waals surface area contributed by atoms with Gasteiger partial charge in [0, 0.05) is 34.9 Å². The lowest BCUT2D eigenvalue weighted by Gasteiger charge is -2.32. The van der Waals surface area contributed by atoms with E-state index in [4.69, 9.17) is 5.11 Å². The molecule has 1 amide bonds. The summed E-state index contributed by atoms with van der Waals surface area (Å²) >= 11 is 3.43. The van der Waals surface area contributed by atoms with Crippen molar-refractivity contribution in [3.05, 3.63) is 34.4 Å². The summed E-state index contributed by atoms with van der Waals surface area (Å²) in [4.78, 5) is 28.4. The molecule has 1 fully saturated rings. The Morgan fingerprint density at radius 2 is 2.17 bits per heavy atom. The molecule has 0 spiro atoms. The fraction of sp³-hybridized carbons (Fsp3) is 0.412. The molecule has 2 heterocycles. The first kappa shape index (κ1) is 16.1. The first-order valence-corrected chi connectivity index (χ1v) is 8.61. The van der Waals surface area contributed by atoms with Crippen LogP contribution in [0.5, 0.6) is 0 Å². The quantitative estimate of drug-likeness (QED) is 0.852. The molecule has 6 heteroatoms. The number of carbonyl (C=O) groups is 2. The predicted molar refractivity (Wildman–Crippen MR) is 91.5 cm³/mol. The van der Waals surface area contributed by atoms with E-state index in [0.29, 0.717) is 18.7 Å². The standard InChI is InChI=1S/C17H19BrN2O3/c18-13-5-4-12-8-15(19-14(12)9-13)17(23)20-7-1-2-11(10-20)3-6-16(21)22/h4-5,8-9,11,19H,1-3,6-7,10H2,(H,21,22). The second kappa shape index (κ2) is 6.74. The number of amides is 1. The third kappa shape index (κ3) is 3.75. The zero-order valence-corrected chi connectivity index (χ0v) is 14.3. The summed E-state index contributed by atoms with van der Waals surface area (Å²) < 4.78 is 0.970. The second-order valence-corrected chi connectivity index (χ2v) is 7.02. The minimum absolute atomic E-state index is 0.00246. The number of aromatic amines is 1. The number of carbonyl (C=O) groups excluding carboxylic acids is 1. The van der Waals surface area contributed by atoms with Crippen molar-refractivity contribution in [2.24, 2.45) is 5.92 Å². The Kier molecular flexibility index (Phi) is 4.71. The van der Waals surface area contributed by atoms with Crippen LogP contribution in [0.15, 0.2) is 28.7 Å². The molecule has 1 saturated heterocycles. The normalized spacial score (nSPS) is 18.3. The van der Waals surface area contributed by atoms with Crippen molar-refractivity contribution < 1.29 is 14.7 Å². The molecule has 1 aromatic heterocycles. The van der Waals surface area contributed by atoms with Crippen LogP contribution in [0.25, 0.3) is 10.9 Å². The van der Waals surface area contributed by atoms with Crippen molar-refractivity contribution in [3.8, 4) is 0 Å². The van der Waals surface area contributed by atoms with Crippen LogP contribution in [-0.4, -0.2) is 40.0 Å². The summed E-state index contributed by atoms with van der Waals surface area (Å²) in [5, 5.41) is 9.82. The number of halogens is 1. The van der Waals surface area contributed by atoms with Gasteiger partial charge in [-0.05, 0) is 43.4 Å². The van der Waals surface area contributed by atoms with E-state index in [-0.39, 0.29) is 18.2 Å². The number of H-pyrrole nitrogens is 1. The summed E-state index contributed by atoms with van der Waals surface area (Å²) in [6, 6.07) is 7.76.